The van der Waals surface area contributed by atoms with Gasteiger partial charge in [-0.15, -0.1) is 11.8 Å². The topological polar surface area (TPSA) is 160 Å². The van der Waals surface area contributed by atoms with E-state index < -0.39 is 47.2 Å². The molecule has 0 aromatic heterocycles. The van der Waals surface area contributed by atoms with E-state index in [0.717, 1.165) is 5.56 Å². The number of thioether (sulfide) groups is 1. The van der Waals surface area contributed by atoms with Gasteiger partial charge in [-0.05, 0) is 72.1 Å². The summed E-state index contributed by atoms with van der Waals surface area (Å²) >= 11 is 1.30. The van der Waals surface area contributed by atoms with Crippen molar-refractivity contribution in [2.45, 2.75) is 95.0 Å². The fourth-order valence-electron chi connectivity index (χ4n) is 3.92. The quantitative estimate of drug-likeness (QED) is 0.220. The Morgan fingerprint density at radius 1 is 0.929 bits per heavy atom. The van der Waals surface area contributed by atoms with E-state index in [1.54, 1.807) is 32.9 Å². The van der Waals surface area contributed by atoms with Crippen LogP contribution in [0.25, 0.3) is 0 Å². The molecule has 230 valence electrons. The maximum absolute atomic E-state index is 13.4. The molecular weight excluding hydrogens is 556 g/mol. The van der Waals surface area contributed by atoms with Crippen molar-refractivity contribution < 1.29 is 29.0 Å². The lowest BCUT2D eigenvalue weighted by Crippen LogP contribution is -2.54. The van der Waals surface area contributed by atoms with Crippen molar-refractivity contribution in [3.05, 3.63) is 65.7 Å². The lowest BCUT2D eigenvalue weighted by atomic mass is 10.0. The van der Waals surface area contributed by atoms with Gasteiger partial charge < -0.3 is 31.5 Å². The maximum Gasteiger partial charge on any atom is 0.408 e. The van der Waals surface area contributed by atoms with Gasteiger partial charge in [0.05, 0.1) is 17.7 Å². The van der Waals surface area contributed by atoms with E-state index in [-0.39, 0.29) is 24.5 Å². The molecule has 0 heterocycles. The number of primary amides is 1. The zero-order chi connectivity index (χ0) is 31.5. The minimum absolute atomic E-state index is 0.0421. The normalized spacial score (nSPS) is 13.8. The summed E-state index contributed by atoms with van der Waals surface area (Å²) in [5.41, 5.74) is 5.46. The molecule has 0 radical (unpaired) electrons. The van der Waals surface area contributed by atoms with E-state index in [1.165, 1.54) is 11.8 Å². The van der Waals surface area contributed by atoms with Gasteiger partial charge in [0.1, 0.15) is 11.6 Å². The van der Waals surface area contributed by atoms with Gasteiger partial charge in [-0.1, -0.05) is 42.5 Å². The zero-order valence-corrected chi connectivity index (χ0v) is 26.0. The van der Waals surface area contributed by atoms with Crippen LogP contribution in [0.1, 0.15) is 70.3 Å². The average Bonchev–Trinajstić information content (AvgIpc) is 2.87. The van der Waals surface area contributed by atoms with Gasteiger partial charge in [0.25, 0.3) is 5.91 Å². The molecule has 42 heavy (non-hydrogen) atoms. The Balaban J connectivity index is 2.24. The second kappa shape index (κ2) is 15.6. The molecule has 0 saturated heterocycles. The number of rotatable bonds is 13. The van der Waals surface area contributed by atoms with Crippen LogP contribution in [0.3, 0.4) is 0 Å². The molecule has 0 bridgehead atoms. The highest BCUT2D eigenvalue weighted by molar-refractivity contribution is 7.99. The summed E-state index contributed by atoms with van der Waals surface area (Å²) in [6.07, 6.45) is -1.72. The highest BCUT2D eigenvalue weighted by atomic mass is 32.2. The average molecular weight is 601 g/mol. The molecule has 2 aromatic rings. The van der Waals surface area contributed by atoms with Crippen LogP contribution >= 0.6 is 11.8 Å². The number of benzene rings is 2. The molecule has 6 N–H and O–H groups in total. The van der Waals surface area contributed by atoms with Gasteiger partial charge in [-0.25, -0.2) is 4.79 Å². The molecule has 0 aliphatic heterocycles. The fourth-order valence-corrected chi connectivity index (χ4v) is 4.99. The molecule has 2 rings (SSSR count). The van der Waals surface area contributed by atoms with Gasteiger partial charge in [-0.3, -0.25) is 14.4 Å². The van der Waals surface area contributed by atoms with Crippen LogP contribution in [0.2, 0.25) is 0 Å². The van der Waals surface area contributed by atoms with Gasteiger partial charge in [-0.2, -0.15) is 0 Å². The predicted octanol–water partition coefficient (Wildman–Crippen LogP) is 3.55. The van der Waals surface area contributed by atoms with Crippen molar-refractivity contribution in [1.82, 2.24) is 16.0 Å². The number of carbonyl (C=O) groups is 4. The third-order valence-corrected chi connectivity index (χ3v) is 6.98. The Labute approximate surface area is 252 Å². The van der Waals surface area contributed by atoms with Crippen molar-refractivity contribution in [2.75, 3.05) is 5.75 Å². The number of carbonyl (C=O) groups excluding carboxylic acids is 4. The summed E-state index contributed by atoms with van der Waals surface area (Å²) in [5.74, 6) is -1.26. The van der Waals surface area contributed by atoms with Crippen LogP contribution in [0, 0.1) is 0 Å². The highest BCUT2D eigenvalue weighted by Crippen LogP contribution is 2.25. The first-order chi connectivity index (χ1) is 19.5. The molecule has 0 spiro atoms. The summed E-state index contributed by atoms with van der Waals surface area (Å²) < 4.78 is 5.29. The molecule has 0 aliphatic rings. The van der Waals surface area contributed by atoms with Crippen molar-refractivity contribution in [3.8, 4) is 0 Å². The number of nitrogens with one attached hydrogen (secondary N) is 3. The predicted molar refractivity (Wildman–Crippen MR) is 164 cm³/mol. The van der Waals surface area contributed by atoms with Crippen LogP contribution in [-0.2, 0) is 20.7 Å². The summed E-state index contributed by atoms with van der Waals surface area (Å²) in [4.78, 5) is 50.9. The maximum atomic E-state index is 13.4. The van der Waals surface area contributed by atoms with Crippen molar-refractivity contribution >= 4 is 35.6 Å². The number of amides is 4. The minimum atomic E-state index is -1.12. The lowest BCUT2D eigenvalue weighted by molar-refractivity contribution is -0.125. The van der Waals surface area contributed by atoms with Crippen molar-refractivity contribution in [1.29, 1.82) is 0 Å². The van der Waals surface area contributed by atoms with E-state index in [4.69, 9.17) is 10.5 Å². The first-order valence-corrected chi connectivity index (χ1v) is 14.9. The Morgan fingerprint density at radius 3 is 2.14 bits per heavy atom. The van der Waals surface area contributed by atoms with Crippen LogP contribution < -0.4 is 21.7 Å². The molecule has 0 unspecified atom stereocenters. The second-order valence-electron chi connectivity index (χ2n) is 12.1. The molecule has 10 nitrogen and oxygen atoms in total. The van der Waals surface area contributed by atoms with Crippen LogP contribution in [0.5, 0.6) is 0 Å². The monoisotopic (exact) mass is 600 g/mol. The molecular formula is C31H44N4O6S. The van der Waals surface area contributed by atoms with Crippen molar-refractivity contribution in [2.24, 2.45) is 5.73 Å². The first-order valence-electron chi connectivity index (χ1n) is 13.9. The lowest BCUT2D eigenvalue weighted by Gasteiger charge is -2.28. The molecule has 2 aromatic carbocycles. The molecule has 0 aliphatic carbocycles. The van der Waals surface area contributed by atoms with Gasteiger partial charge in [0.2, 0.25) is 11.8 Å². The Bertz CT molecular complexity index is 1210. The summed E-state index contributed by atoms with van der Waals surface area (Å²) in [5, 5.41) is 19.6. The van der Waals surface area contributed by atoms with E-state index in [0.29, 0.717) is 16.9 Å². The number of ether oxygens (including phenoxy) is 1. The van der Waals surface area contributed by atoms with Crippen LogP contribution in [0.4, 0.5) is 4.79 Å². The Hall–Kier alpha value is -3.57. The number of hydrogen-bond acceptors (Lipinski definition) is 7. The number of alkyl carbamates (subject to hydrolysis) is 1. The number of aliphatic hydroxyl groups is 1. The highest BCUT2D eigenvalue weighted by Gasteiger charge is 2.29. The summed E-state index contributed by atoms with van der Waals surface area (Å²) in [7, 11) is 0. The number of nitrogens with two attached hydrogens (primary N) is 1. The van der Waals surface area contributed by atoms with Gasteiger partial charge >= 0.3 is 6.09 Å². The number of aliphatic hydroxyl groups excluding tert-OH is 1. The number of hydrogen-bond donors (Lipinski definition) is 5. The third kappa shape index (κ3) is 12.9. The van der Waals surface area contributed by atoms with E-state index in [1.807, 2.05) is 63.2 Å². The summed E-state index contributed by atoms with van der Waals surface area (Å²) in [6.45, 7) is 10.8. The van der Waals surface area contributed by atoms with E-state index >= 15 is 0 Å². The smallest absolute Gasteiger partial charge is 0.408 e. The van der Waals surface area contributed by atoms with Crippen LogP contribution in [0.15, 0.2) is 59.5 Å². The van der Waals surface area contributed by atoms with Gasteiger partial charge in [0, 0.05) is 22.6 Å². The second-order valence-corrected chi connectivity index (χ2v) is 13.1. The minimum Gasteiger partial charge on any atom is -0.444 e. The third-order valence-electron chi connectivity index (χ3n) is 5.81. The standard InChI is InChI=1S/C31H44N4O6S/c1-30(2,3)35-27(38)21-14-10-11-15-25(21)42-19-24(36)23(18-20-12-8-7-9-13-20)33-28(39)22(16-17-26(32)37)34-29(40)41-31(4,5)6/h7-15,22-24,36H,16-19H2,1-6H3,(H2,32,37)(H,33,39)(H,34,40)(H,35,38)/t22-,23-,24-/m0/s1. The molecule has 0 saturated carbocycles. The van der Waals surface area contributed by atoms with Crippen LogP contribution in [-0.4, -0.2) is 64.0 Å². The Morgan fingerprint density at radius 2 is 1.55 bits per heavy atom. The SMILES string of the molecule is CC(C)(C)NC(=O)c1ccccc1SC[C@H](O)[C@H](Cc1ccccc1)NC(=O)[C@H](CCC(N)=O)NC(=O)OC(C)(C)C. The molecule has 3 atom stereocenters. The van der Waals surface area contributed by atoms with E-state index in [9.17, 15) is 24.3 Å². The molecule has 4 amide bonds. The largest absolute Gasteiger partial charge is 0.444 e. The fraction of sp³-hybridized carbons (Fsp3) is 0.484. The first kappa shape index (κ1) is 34.6. The summed E-state index contributed by atoms with van der Waals surface area (Å²) in [6, 6.07) is 14.6. The van der Waals surface area contributed by atoms with E-state index in [2.05, 4.69) is 16.0 Å². The molecule has 0 fully saturated rings. The zero-order valence-electron chi connectivity index (χ0n) is 25.2. The van der Waals surface area contributed by atoms with Crippen molar-refractivity contribution in [3.63, 3.8) is 0 Å². The Kier molecular flexibility index (Phi) is 12.9. The molecule has 11 heteroatoms. The van der Waals surface area contributed by atoms with Gasteiger partial charge in [0.15, 0.2) is 0 Å².